The Bertz CT molecular complexity index is 622. The van der Waals surface area contributed by atoms with Crippen LogP contribution in [0, 0.1) is 0 Å². The van der Waals surface area contributed by atoms with Crippen LogP contribution >= 0.6 is 0 Å². The Morgan fingerprint density at radius 2 is 1.96 bits per heavy atom. The third-order valence-corrected chi connectivity index (χ3v) is 3.97. The summed E-state index contributed by atoms with van der Waals surface area (Å²) in [5.41, 5.74) is 0.282. The molecule has 3 atom stereocenters. The van der Waals surface area contributed by atoms with E-state index in [0.29, 0.717) is 11.6 Å². The SMILES string of the molecule is C[C@@H]1CN2C[C@H](NC(=O)c3ccc(=O)[nH]c3)C[C@H]2CO1.O=CO.O=CO. The number of hydrogen-bond donors (Lipinski definition) is 4. The molecule has 10 heteroatoms. The van der Waals surface area contributed by atoms with Crippen LogP contribution in [0.3, 0.4) is 0 Å². The van der Waals surface area contributed by atoms with Gasteiger partial charge in [-0.3, -0.25) is 24.1 Å². The highest BCUT2D eigenvalue weighted by atomic mass is 16.5. The second-order valence-corrected chi connectivity index (χ2v) is 5.81. The highest BCUT2D eigenvalue weighted by Crippen LogP contribution is 2.23. The van der Waals surface area contributed by atoms with Crippen LogP contribution in [-0.4, -0.2) is 76.8 Å². The van der Waals surface area contributed by atoms with Crippen molar-refractivity contribution in [3.05, 3.63) is 34.2 Å². The van der Waals surface area contributed by atoms with E-state index >= 15 is 0 Å². The van der Waals surface area contributed by atoms with Crippen molar-refractivity contribution in [2.75, 3.05) is 19.7 Å². The third kappa shape index (κ3) is 6.65. The molecular weight excluding hydrogens is 346 g/mol. The molecule has 144 valence electrons. The number of morpholine rings is 1. The predicted molar refractivity (Wildman–Crippen MR) is 91.1 cm³/mol. The average molecular weight is 369 g/mol. The molecule has 3 rings (SSSR count). The Balaban J connectivity index is 0.000000499. The van der Waals surface area contributed by atoms with E-state index < -0.39 is 0 Å². The largest absolute Gasteiger partial charge is 0.483 e. The lowest BCUT2D eigenvalue weighted by Crippen LogP contribution is -2.45. The van der Waals surface area contributed by atoms with Crippen molar-refractivity contribution in [2.45, 2.75) is 31.5 Å². The molecule has 4 N–H and O–H groups in total. The molecule has 26 heavy (non-hydrogen) atoms. The summed E-state index contributed by atoms with van der Waals surface area (Å²) >= 11 is 0. The van der Waals surface area contributed by atoms with Gasteiger partial charge in [0.05, 0.1) is 18.3 Å². The first-order chi connectivity index (χ1) is 12.4. The van der Waals surface area contributed by atoms with Gasteiger partial charge in [-0.25, -0.2) is 0 Å². The summed E-state index contributed by atoms with van der Waals surface area (Å²) in [6.07, 6.45) is 2.63. The molecule has 0 unspecified atom stereocenters. The maximum Gasteiger partial charge on any atom is 0.290 e. The summed E-state index contributed by atoms with van der Waals surface area (Å²) in [6.45, 7) is 4.11. The van der Waals surface area contributed by atoms with Crippen LogP contribution in [0.1, 0.15) is 23.7 Å². The van der Waals surface area contributed by atoms with Gasteiger partial charge in [-0.1, -0.05) is 0 Å². The van der Waals surface area contributed by atoms with Gasteiger partial charge in [0.1, 0.15) is 0 Å². The topological polar surface area (TPSA) is 149 Å². The third-order valence-electron chi connectivity index (χ3n) is 3.97. The fraction of sp³-hybridized carbons (Fsp3) is 0.500. The van der Waals surface area contributed by atoms with Crippen LogP contribution in [0.5, 0.6) is 0 Å². The number of carbonyl (C=O) groups excluding carboxylic acids is 1. The van der Waals surface area contributed by atoms with E-state index in [2.05, 4.69) is 22.1 Å². The molecule has 2 fully saturated rings. The van der Waals surface area contributed by atoms with Crippen LogP contribution in [0.25, 0.3) is 0 Å². The molecule has 1 amide bonds. The first-order valence-corrected chi connectivity index (χ1v) is 7.96. The molecule has 0 bridgehead atoms. The molecular formula is C16H23N3O7. The number of aromatic nitrogens is 1. The molecule has 2 aliphatic rings. The lowest BCUT2D eigenvalue weighted by Gasteiger charge is -2.33. The Labute approximate surface area is 149 Å². The van der Waals surface area contributed by atoms with Crippen LogP contribution in [0.15, 0.2) is 23.1 Å². The van der Waals surface area contributed by atoms with Crippen LogP contribution in [-0.2, 0) is 14.3 Å². The van der Waals surface area contributed by atoms with E-state index in [9.17, 15) is 9.59 Å². The number of H-pyrrole nitrogens is 1. The van der Waals surface area contributed by atoms with Crippen LogP contribution in [0.2, 0.25) is 0 Å². The van der Waals surface area contributed by atoms with E-state index in [1.165, 1.54) is 12.3 Å². The van der Waals surface area contributed by atoms with Gasteiger partial charge in [0, 0.05) is 37.4 Å². The van der Waals surface area contributed by atoms with Crippen molar-refractivity contribution < 1.29 is 29.3 Å². The van der Waals surface area contributed by atoms with E-state index in [1.807, 2.05) is 0 Å². The van der Waals surface area contributed by atoms with Gasteiger partial charge >= 0.3 is 0 Å². The summed E-state index contributed by atoms with van der Waals surface area (Å²) in [5, 5.41) is 16.8. The predicted octanol–water partition coefficient (Wildman–Crippen LogP) is -0.632. The zero-order chi connectivity index (χ0) is 19.5. The van der Waals surface area contributed by atoms with Crippen molar-refractivity contribution in [3.8, 4) is 0 Å². The van der Waals surface area contributed by atoms with E-state index in [-0.39, 0.29) is 36.6 Å². The fourth-order valence-corrected chi connectivity index (χ4v) is 2.96. The molecule has 0 saturated carbocycles. The van der Waals surface area contributed by atoms with Crippen molar-refractivity contribution in [3.63, 3.8) is 0 Å². The number of amides is 1. The number of carboxylic acid groups (broad SMARTS) is 2. The number of pyridine rings is 1. The number of rotatable bonds is 2. The molecule has 0 aromatic carbocycles. The quantitative estimate of drug-likeness (QED) is 0.503. The minimum atomic E-state index is -0.250. The standard InChI is InChI=1S/C14H19N3O3.2CH2O2/c1-9-6-17-7-11(4-12(17)8-20-9)16-14(19)10-2-3-13(18)15-5-10;2*2-1-3/h2-3,5,9,11-12H,4,6-8H2,1H3,(H,15,18)(H,16,19);2*1H,(H,2,3)/t9-,11-,12+;;/m1../s1. The summed E-state index contributed by atoms with van der Waals surface area (Å²) < 4.78 is 5.65. The van der Waals surface area contributed by atoms with Gasteiger partial charge in [0.25, 0.3) is 18.9 Å². The zero-order valence-corrected chi connectivity index (χ0v) is 14.3. The maximum atomic E-state index is 12.1. The number of carbonyl (C=O) groups is 3. The van der Waals surface area contributed by atoms with Crippen molar-refractivity contribution in [1.82, 2.24) is 15.2 Å². The highest BCUT2D eigenvalue weighted by molar-refractivity contribution is 5.94. The molecule has 0 aliphatic carbocycles. The molecule has 1 aromatic rings. The first-order valence-electron chi connectivity index (χ1n) is 7.96. The normalized spacial score (nSPS) is 24.0. The van der Waals surface area contributed by atoms with Gasteiger partial charge in [-0.05, 0) is 19.4 Å². The number of nitrogens with zero attached hydrogens (tertiary/aromatic N) is 1. The molecule has 10 nitrogen and oxygen atoms in total. The monoisotopic (exact) mass is 369 g/mol. The summed E-state index contributed by atoms with van der Waals surface area (Å²) in [7, 11) is 0. The maximum absolute atomic E-state index is 12.1. The molecule has 0 radical (unpaired) electrons. The molecule has 2 aliphatic heterocycles. The van der Waals surface area contributed by atoms with E-state index in [4.69, 9.17) is 24.5 Å². The Morgan fingerprint density at radius 3 is 2.54 bits per heavy atom. The number of aromatic amines is 1. The summed E-state index contributed by atoms with van der Waals surface area (Å²) in [5.74, 6) is -0.139. The zero-order valence-electron chi connectivity index (χ0n) is 14.3. The Kier molecular flexibility index (Phi) is 9.02. The second-order valence-electron chi connectivity index (χ2n) is 5.81. The number of nitrogens with one attached hydrogen (secondary N) is 2. The van der Waals surface area contributed by atoms with E-state index in [0.717, 1.165) is 26.1 Å². The van der Waals surface area contributed by atoms with Crippen LogP contribution in [0.4, 0.5) is 0 Å². The molecule has 0 spiro atoms. The van der Waals surface area contributed by atoms with Gasteiger partial charge in [-0.2, -0.15) is 0 Å². The number of fused-ring (bicyclic) bond motifs is 1. The lowest BCUT2D eigenvalue weighted by molar-refractivity contribution is -0.123. The van der Waals surface area contributed by atoms with Crippen molar-refractivity contribution >= 4 is 18.9 Å². The molecule has 3 heterocycles. The highest BCUT2D eigenvalue weighted by Gasteiger charge is 2.36. The van der Waals surface area contributed by atoms with Crippen molar-refractivity contribution in [2.24, 2.45) is 0 Å². The van der Waals surface area contributed by atoms with Gasteiger partial charge < -0.3 is 25.3 Å². The van der Waals surface area contributed by atoms with Gasteiger partial charge in [0.15, 0.2) is 0 Å². The Hall–Kier alpha value is -2.72. The van der Waals surface area contributed by atoms with Gasteiger partial charge in [-0.15, -0.1) is 0 Å². The molecule has 1 aromatic heterocycles. The first kappa shape index (κ1) is 21.3. The lowest BCUT2D eigenvalue weighted by atomic mass is 10.1. The number of hydrogen-bond acceptors (Lipinski definition) is 6. The smallest absolute Gasteiger partial charge is 0.290 e. The van der Waals surface area contributed by atoms with Gasteiger partial charge in [0.2, 0.25) is 5.56 Å². The molecule has 2 saturated heterocycles. The van der Waals surface area contributed by atoms with Crippen molar-refractivity contribution in [1.29, 1.82) is 0 Å². The van der Waals surface area contributed by atoms with Crippen LogP contribution < -0.4 is 10.9 Å². The summed E-state index contributed by atoms with van der Waals surface area (Å²) in [6, 6.07) is 3.46. The second kappa shape index (κ2) is 11.0. The number of ether oxygens (including phenoxy) is 1. The minimum Gasteiger partial charge on any atom is -0.483 e. The fourth-order valence-electron chi connectivity index (χ4n) is 2.96. The average Bonchev–Trinajstić information content (AvgIpc) is 2.98. The minimum absolute atomic E-state index is 0.139. The Morgan fingerprint density at radius 1 is 1.31 bits per heavy atom. The van der Waals surface area contributed by atoms with E-state index in [1.54, 1.807) is 6.07 Å². The summed E-state index contributed by atoms with van der Waals surface area (Å²) in [4.78, 5) is 44.7.